The van der Waals surface area contributed by atoms with Gasteiger partial charge in [0.25, 0.3) is 5.56 Å². The minimum absolute atomic E-state index is 0.264. The van der Waals surface area contributed by atoms with Crippen molar-refractivity contribution in [2.45, 2.75) is 6.92 Å². The van der Waals surface area contributed by atoms with Crippen molar-refractivity contribution in [3.8, 4) is 0 Å². The van der Waals surface area contributed by atoms with Crippen LogP contribution in [0.15, 0.2) is 23.3 Å². The average molecular weight is 122 g/mol. The Morgan fingerprint density at radius 2 is 2.00 bits per heavy atom. The molecular weight excluding hydrogens is 116 g/mol. The third-order valence-corrected chi connectivity index (χ3v) is 0.942. The van der Waals surface area contributed by atoms with E-state index in [0.29, 0.717) is 5.69 Å². The van der Waals surface area contributed by atoms with Crippen LogP contribution in [0.4, 0.5) is 0 Å². The van der Waals surface area contributed by atoms with Crippen LogP contribution in [-0.4, -0.2) is 9.97 Å². The summed E-state index contributed by atoms with van der Waals surface area (Å²) >= 11 is 0. The fourth-order valence-corrected chi connectivity index (χ4v) is 0.453. The molecule has 3 heteroatoms. The molecule has 0 aliphatic heterocycles. The van der Waals surface area contributed by atoms with E-state index in [9.17, 15) is 4.79 Å². The summed E-state index contributed by atoms with van der Waals surface area (Å²) in [6.07, 6.45) is 2.98. The maximum atomic E-state index is 10.6. The van der Waals surface area contributed by atoms with Gasteiger partial charge in [-0.3, -0.25) is 9.78 Å². The van der Waals surface area contributed by atoms with E-state index in [1.165, 1.54) is 6.20 Å². The molecule has 0 aromatic carbocycles. The standard InChI is InChI=1S/C6H6N2O/c1-5-6(9)8-4-2-3-7-5/h2-4H,1H3. The largest absolute Gasteiger partial charge is 0.291 e. The lowest BCUT2D eigenvalue weighted by Gasteiger charge is -1.72. The molecule has 0 aliphatic carbocycles. The summed E-state index contributed by atoms with van der Waals surface area (Å²) in [7, 11) is 0. The molecule has 1 rings (SSSR count). The predicted octanol–water partition coefficient (Wildman–Crippen LogP) is 0.145. The Kier molecular flexibility index (Phi) is 1.53. The van der Waals surface area contributed by atoms with Crippen LogP contribution >= 0.6 is 0 Å². The SMILES string of the molecule is Cc1ncccnc1=O. The van der Waals surface area contributed by atoms with Crippen LogP contribution in [0.1, 0.15) is 5.69 Å². The summed E-state index contributed by atoms with van der Waals surface area (Å²) in [4.78, 5) is 17.9. The number of aromatic nitrogens is 2. The molecule has 1 heterocycles. The van der Waals surface area contributed by atoms with E-state index < -0.39 is 0 Å². The van der Waals surface area contributed by atoms with Gasteiger partial charge in [-0.1, -0.05) is 0 Å². The topological polar surface area (TPSA) is 42.9 Å². The van der Waals surface area contributed by atoms with Gasteiger partial charge in [0.15, 0.2) is 0 Å². The molecule has 3 nitrogen and oxygen atoms in total. The van der Waals surface area contributed by atoms with Crippen LogP contribution in [0, 0.1) is 6.92 Å². The molecule has 0 amide bonds. The van der Waals surface area contributed by atoms with Crippen molar-refractivity contribution >= 4 is 0 Å². The van der Waals surface area contributed by atoms with Crippen molar-refractivity contribution in [2.75, 3.05) is 0 Å². The van der Waals surface area contributed by atoms with E-state index in [2.05, 4.69) is 9.97 Å². The number of hydrogen-bond donors (Lipinski definition) is 0. The zero-order chi connectivity index (χ0) is 6.69. The van der Waals surface area contributed by atoms with Gasteiger partial charge in [0.2, 0.25) is 0 Å². The molecule has 0 N–H and O–H groups in total. The van der Waals surface area contributed by atoms with E-state index in [1.54, 1.807) is 19.2 Å². The van der Waals surface area contributed by atoms with Gasteiger partial charge in [0, 0.05) is 12.4 Å². The third kappa shape index (κ3) is 1.32. The fraction of sp³-hybridized carbons (Fsp3) is 0.167. The molecule has 0 saturated carbocycles. The van der Waals surface area contributed by atoms with Crippen molar-refractivity contribution in [3.05, 3.63) is 34.5 Å². The van der Waals surface area contributed by atoms with Gasteiger partial charge in [-0.25, -0.2) is 4.98 Å². The summed E-state index contributed by atoms with van der Waals surface area (Å²) in [5.74, 6) is 0. The molecule has 0 spiro atoms. The van der Waals surface area contributed by atoms with Gasteiger partial charge in [0.1, 0.15) is 5.69 Å². The lowest BCUT2D eigenvalue weighted by Crippen LogP contribution is -2.05. The Morgan fingerprint density at radius 3 is 2.78 bits per heavy atom. The molecule has 0 bridgehead atoms. The van der Waals surface area contributed by atoms with Crippen LogP contribution in [0.2, 0.25) is 0 Å². The number of hydrogen-bond acceptors (Lipinski definition) is 3. The van der Waals surface area contributed by atoms with E-state index in [4.69, 9.17) is 0 Å². The highest BCUT2D eigenvalue weighted by molar-refractivity contribution is 4.91. The third-order valence-electron chi connectivity index (χ3n) is 0.942. The minimum atomic E-state index is -0.264. The van der Waals surface area contributed by atoms with Crippen LogP contribution in [0.25, 0.3) is 0 Å². The predicted molar refractivity (Wildman–Crippen MR) is 33.0 cm³/mol. The first kappa shape index (κ1) is 5.88. The first-order valence-corrected chi connectivity index (χ1v) is 2.58. The number of rotatable bonds is 0. The maximum absolute atomic E-state index is 10.6. The lowest BCUT2D eigenvalue weighted by atomic mass is 10.5. The van der Waals surface area contributed by atoms with Crippen LogP contribution in [-0.2, 0) is 0 Å². The molecular formula is C6H6N2O. The molecule has 0 unspecified atom stereocenters. The van der Waals surface area contributed by atoms with Crippen LogP contribution in [0.5, 0.6) is 0 Å². The Labute approximate surface area is 52.4 Å². The second-order valence-electron chi connectivity index (χ2n) is 1.64. The first-order chi connectivity index (χ1) is 4.30. The van der Waals surface area contributed by atoms with Crippen molar-refractivity contribution in [1.29, 1.82) is 0 Å². The van der Waals surface area contributed by atoms with Gasteiger partial charge in [-0.2, -0.15) is 0 Å². The molecule has 1 aromatic heterocycles. The Balaban J connectivity index is 3.42. The second-order valence-corrected chi connectivity index (χ2v) is 1.64. The first-order valence-electron chi connectivity index (χ1n) is 2.58. The van der Waals surface area contributed by atoms with Gasteiger partial charge in [0.05, 0.1) is 0 Å². The second kappa shape index (κ2) is 2.35. The highest BCUT2D eigenvalue weighted by Gasteiger charge is 1.85. The minimum Gasteiger partial charge on any atom is -0.265 e. The lowest BCUT2D eigenvalue weighted by molar-refractivity contribution is 1.13. The van der Waals surface area contributed by atoms with Crippen molar-refractivity contribution in [2.24, 2.45) is 0 Å². The van der Waals surface area contributed by atoms with Gasteiger partial charge in [-0.15, -0.1) is 0 Å². The molecule has 0 aliphatic rings. The number of aryl methyl sites for hydroxylation is 1. The summed E-state index contributed by atoms with van der Waals surface area (Å²) in [5.41, 5.74) is 0.167. The molecule has 0 atom stereocenters. The quantitative estimate of drug-likeness (QED) is 0.491. The monoisotopic (exact) mass is 122 g/mol. The molecule has 9 heavy (non-hydrogen) atoms. The van der Waals surface area contributed by atoms with Crippen molar-refractivity contribution < 1.29 is 0 Å². The molecule has 0 radical (unpaired) electrons. The zero-order valence-corrected chi connectivity index (χ0v) is 5.03. The van der Waals surface area contributed by atoms with Crippen LogP contribution < -0.4 is 5.56 Å². The molecule has 1 aromatic rings. The normalized spacial score (nSPS) is 9.00. The smallest absolute Gasteiger partial charge is 0.265 e. The molecule has 0 fully saturated rings. The van der Waals surface area contributed by atoms with Gasteiger partial charge < -0.3 is 0 Å². The Bertz CT molecular complexity index is 259. The van der Waals surface area contributed by atoms with Crippen molar-refractivity contribution in [1.82, 2.24) is 9.97 Å². The number of nitrogens with zero attached hydrogens (tertiary/aromatic N) is 2. The molecule has 46 valence electrons. The Morgan fingerprint density at radius 1 is 1.33 bits per heavy atom. The van der Waals surface area contributed by atoms with Crippen molar-refractivity contribution in [3.63, 3.8) is 0 Å². The summed E-state index contributed by atoms with van der Waals surface area (Å²) in [6, 6.07) is 1.62. The summed E-state index contributed by atoms with van der Waals surface area (Å²) in [6.45, 7) is 1.63. The fourth-order valence-electron chi connectivity index (χ4n) is 0.453. The summed E-state index contributed by atoms with van der Waals surface area (Å²) in [5, 5.41) is 0. The van der Waals surface area contributed by atoms with E-state index in [1.807, 2.05) is 0 Å². The highest BCUT2D eigenvalue weighted by Crippen LogP contribution is 1.73. The Hall–Kier alpha value is -1.25. The average Bonchev–Trinajstić information content (AvgIpc) is 1.99. The zero-order valence-electron chi connectivity index (χ0n) is 5.03. The van der Waals surface area contributed by atoms with Gasteiger partial charge in [-0.05, 0) is 13.0 Å². The van der Waals surface area contributed by atoms with E-state index in [-0.39, 0.29) is 5.56 Å². The van der Waals surface area contributed by atoms with Crippen LogP contribution in [0.3, 0.4) is 0 Å². The molecule has 0 saturated heterocycles. The maximum Gasteiger partial charge on any atom is 0.291 e. The van der Waals surface area contributed by atoms with E-state index >= 15 is 0 Å². The summed E-state index contributed by atoms with van der Waals surface area (Å²) < 4.78 is 0. The van der Waals surface area contributed by atoms with Gasteiger partial charge >= 0.3 is 0 Å². The highest BCUT2D eigenvalue weighted by atomic mass is 16.1. The van der Waals surface area contributed by atoms with E-state index in [0.717, 1.165) is 0 Å².